The van der Waals surface area contributed by atoms with Crippen LogP contribution in [-0.4, -0.2) is 71.5 Å². The molecule has 11 nitrogen and oxygen atoms in total. The zero-order valence-electron chi connectivity index (χ0n) is 25.7. The molecule has 0 radical (unpaired) electrons. The summed E-state index contributed by atoms with van der Waals surface area (Å²) in [7, 11) is 1.53. The largest absolute Gasteiger partial charge is 0.493 e. The van der Waals surface area contributed by atoms with Crippen molar-refractivity contribution < 1.29 is 23.8 Å². The maximum Gasteiger partial charge on any atom is 0.260 e. The Morgan fingerprint density at radius 1 is 1.13 bits per heavy atom. The zero-order chi connectivity index (χ0) is 32.9. The Kier molecular flexibility index (Phi) is 10.4. The first-order valence-electron chi connectivity index (χ1n) is 14.8. The number of nitrogens with zero attached hydrogens (tertiary/aromatic N) is 4. The number of hydrogen-bond donors (Lipinski definition) is 2. The topological polar surface area (TPSA) is 120 Å². The number of carbonyl (C=O) groups is 2. The highest BCUT2D eigenvalue weighted by Gasteiger charge is 2.35. The van der Waals surface area contributed by atoms with E-state index in [0.717, 1.165) is 5.56 Å². The summed E-state index contributed by atoms with van der Waals surface area (Å²) in [5.41, 5.74) is 3.37. The van der Waals surface area contributed by atoms with Crippen LogP contribution in [0.25, 0.3) is 0 Å². The van der Waals surface area contributed by atoms with Gasteiger partial charge < -0.3 is 29.7 Å². The van der Waals surface area contributed by atoms with Gasteiger partial charge >= 0.3 is 0 Å². The van der Waals surface area contributed by atoms with E-state index < -0.39 is 6.04 Å². The Morgan fingerprint density at radius 3 is 2.62 bits per heavy atom. The van der Waals surface area contributed by atoms with E-state index in [1.54, 1.807) is 15.6 Å². The summed E-state index contributed by atoms with van der Waals surface area (Å²) >= 11 is 11.5. The number of fused-ring (bicyclic) bond motifs is 1. The predicted molar refractivity (Wildman–Crippen MR) is 184 cm³/mol. The Balaban J connectivity index is 1.34. The van der Waals surface area contributed by atoms with Gasteiger partial charge in [-0.2, -0.15) is 4.98 Å². The third-order valence-electron chi connectivity index (χ3n) is 7.70. The van der Waals surface area contributed by atoms with Crippen molar-refractivity contribution in [2.24, 2.45) is 0 Å². The quantitative estimate of drug-likeness (QED) is 0.184. The van der Waals surface area contributed by atoms with Crippen molar-refractivity contribution in [2.45, 2.75) is 23.9 Å². The number of anilines is 2. The smallest absolute Gasteiger partial charge is 0.260 e. The number of para-hydroxylation sites is 1. The molecule has 1 unspecified atom stereocenters. The van der Waals surface area contributed by atoms with E-state index in [4.69, 9.17) is 35.9 Å². The highest BCUT2D eigenvalue weighted by Crippen LogP contribution is 2.43. The van der Waals surface area contributed by atoms with Crippen LogP contribution < -0.4 is 20.1 Å². The first-order valence-corrected chi connectivity index (χ1v) is 17.0. The lowest BCUT2D eigenvalue weighted by Gasteiger charge is -2.29. The minimum atomic E-state index is -0.689. The molecule has 0 bridgehead atoms. The molecule has 2 aliphatic heterocycles. The number of aromatic nitrogens is 3. The molecule has 1 aromatic heterocycles. The van der Waals surface area contributed by atoms with Gasteiger partial charge in [-0.3, -0.25) is 9.59 Å². The second-order valence-corrected chi connectivity index (χ2v) is 12.9. The van der Waals surface area contributed by atoms with Crippen molar-refractivity contribution in [3.05, 3.63) is 98.6 Å². The molecule has 6 rings (SSSR count). The number of ether oxygens (including phenoxy) is 3. The second kappa shape index (κ2) is 14.8. The number of carbonyl (C=O) groups excluding carboxylic acids is 2. The summed E-state index contributed by atoms with van der Waals surface area (Å²) < 4.78 is 19.3. The van der Waals surface area contributed by atoms with E-state index in [0.29, 0.717) is 86.7 Å². The molecule has 47 heavy (non-hydrogen) atoms. The van der Waals surface area contributed by atoms with Crippen LogP contribution in [0.1, 0.15) is 24.1 Å². The average molecular weight is 740 g/mol. The fraction of sp³-hybridized carbons (Fsp3) is 0.273. The lowest BCUT2D eigenvalue weighted by Crippen LogP contribution is -2.43. The van der Waals surface area contributed by atoms with E-state index in [1.165, 1.54) is 18.9 Å². The van der Waals surface area contributed by atoms with Crippen molar-refractivity contribution in [3.8, 4) is 11.5 Å². The predicted octanol–water partition coefficient (Wildman–Crippen LogP) is 6.16. The molecule has 1 fully saturated rings. The lowest BCUT2D eigenvalue weighted by atomic mass is 9.94. The molecule has 244 valence electrons. The second-order valence-electron chi connectivity index (χ2n) is 10.7. The minimum Gasteiger partial charge on any atom is -0.493 e. The first-order chi connectivity index (χ1) is 22.8. The van der Waals surface area contributed by atoms with Gasteiger partial charge in [0.1, 0.15) is 6.04 Å². The number of nitrogens with one attached hydrogen (secondary N) is 2. The van der Waals surface area contributed by atoms with E-state index in [2.05, 4.69) is 26.6 Å². The maximum atomic E-state index is 14.0. The molecule has 0 spiro atoms. The zero-order valence-corrected chi connectivity index (χ0v) is 28.8. The van der Waals surface area contributed by atoms with Gasteiger partial charge in [0.25, 0.3) is 11.8 Å². The van der Waals surface area contributed by atoms with Gasteiger partial charge in [-0.05, 0) is 64.3 Å². The fourth-order valence-electron chi connectivity index (χ4n) is 5.35. The summed E-state index contributed by atoms with van der Waals surface area (Å²) in [6.45, 7) is 3.72. The van der Waals surface area contributed by atoms with Gasteiger partial charge in [0.15, 0.2) is 18.1 Å². The van der Waals surface area contributed by atoms with Crippen LogP contribution in [0.3, 0.4) is 0 Å². The molecule has 4 aromatic rings. The summed E-state index contributed by atoms with van der Waals surface area (Å²) in [5.74, 6) is 1.37. The molecule has 14 heteroatoms. The monoisotopic (exact) mass is 738 g/mol. The van der Waals surface area contributed by atoms with E-state index in [1.807, 2.05) is 67.6 Å². The Labute approximate surface area is 289 Å². The summed E-state index contributed by atoms with van der Waals surface area (Å²) in [6, 6.07) is 19.8. The number of benzene rings is 3. The van der Waals surface area contributed by atoms with Crippen molar-refractivity contribution in [1.82, 2.24) is 19.7 Å². The van der Waals surface area contributed by atoms with Crippen LogP contribution >= 0.6 is 39.3 Å². The van der Waals surface area contributed by atoms with Crippen LogP contribution in [0.5, 0.6) is 11.5 Å². The third-order valence-corrected chi connectivity index (χ3v) is 9.54. The number of thioether (sulfide) groups is 1. The van der Waals surface area contributed by atoms with Crippen molar-refractivity contribution in [1.29, 1.82) is 0 Å². The maximum absolute atomic E-state index is 14.0. The number of hydrogen-bond acceptors (Lipinski definition) is 9. The molecule has 2 N–H and O–H groups in total. The molecule has 2 amide bonds. The van der Waals surface area contributed by atoms with E-state index in [-0.39, 0.29) is 18.4 Å². The van der Waals surface area contributed by atoms with Gasteiger partial charge in [-0.15, -0.1) is 5.10 Å². The van der Waals surface area contributed by atoms with Crippen LogP contribution in [-0.2, 0) is 20.1 Å². The van der Waals surface area contributed by atoms with Gasteiger partial charge in [-0.1, -0.05) is 59.8 Å². The minimum absolute atomic E-state index is 0.141. The lowest BCUT2D eigenvalue weighted by molar-refractivity contribution is -0.137. The molecule has 1 atom stereocenters. The van der Waals surface area contributed by atoms with Crippen molar-refractivity contribution in [3.63, 3.8) is 0 Å². The molecule has 1 saturated heterocycles. The molecular weight excluding hydrogens is 708 g/mol. The highest BCUT2D eigenvalue weighted by atomic mass is 79.9. The molecular formula is C33H32BrClN6O5S. The number of methoxy groups -OCH3 is 1. The number of halogens is 2. The van der Waals surface area contributed by atoms with Crippen molar-refractivity contribution in [2.75, 3.05) is 50.7 Å². The van der Waals surface area contributed by atoms with Crippen molar-refractivity contribution >= 4 is 62.7 Å². The van der Waals surface area contributed by atoms with E-state index >= 15 is 0 Å². The normalized spacial score (nSPS) is 15.9. The summed E-state index contributed by atoms with van der Waals surface area (Å²) in [4.78, 5) is 33.2. The van der Waals surface area contributed by atoms with Crippen LogP contribution in [0, 0.1) is 0 Å². The standard InChI is InChI=1S/C33H32BrClN6O5S/c1-20-28(31(43)37-23-9-4-3-5-10-23)29(41-32(36-20)38-33(39-41)47-19-21-8-6-7-11-25(21)35)22-16-24(34)30(26(17-22)44-2)46-18-27(42)40-12-14-45-15-13-40/h3-11,16-17,29H,12-15,18-19H2,1-2H3,(H,37,43)(H,36,38,39). The molecule has 0 saturated carbocycles. The number of rotatable bonds is 10. The molecule has 0 aliphatic carbocycles. The Bertz CT molecular complexity index is 1810. The highest BCUT2D eigenvalue weighted by molar-refractivity contribution is 9.10. The molecule has 2 aliphatic rings. The van der Waals surface area contributed by atoms with Gasteiger partial charge in [-0.25, -0.2) is 4.68 Å². The van der Waals surface area contributed by atoms with Gasteiger partial charge in [0, 0.05) is 35.2 Å². The van der Waals surface area contributed by atoms with Gasteiger partial charge in [0.2, 0.25) is 11.1 Å². The summed E-state index contributed by atoms with van der Waals surface area (Å²) in [6.07, 6.45) is 0. The Hall–Kier alpha value is -4.04. The SMILES string of the molecule is COc1cc(C2C(C(=O)Nc3ccccc3)=C(C)Nc3nc(SCc4ccccc4Cl)nn32)cc(Br)c1OCC(=O)N1CCOCC1. The number of allylic oxidation sites excluding steroid dienone is 1. The average Bonchev–Trinajstić information content (AvgIpc) is 3.49. The summed E-state index contributed by atoms with van der Waals surface area (Å²) in [5, 5.41) is 12.3. The van der Waals surface area contributed by atoms with Crippen LogP contribution in [0.4, 0.5) is 11.6 Å². The van der Waals surface area contributed by atoms with Crippen LogP contribution in [0.15, 0.2) is 87.6 Å². The van der Waals surface area contributed by atoms with E-state index in [9.17, 15) is 9.59 Å². The van der Waals surface area contributed by atoms with Gasteiger partial charge in [0.05, 0.1) is 30.4 Å². The third kappa shape index (κ3) is 7.43. The van der Waals surface area contributed by atoms with Crippen LogP contribution in [0.2, 0.25) is 5.02 Å². The fourth-order valence-corrected chi connectivity index (χ4v) is 7.04. The number of morpholine rings is 1. The number of amides is 2. The Morgan fingerprint density at radius 2 is 1.87 bits per heavy atom. The molecule has 3 heterocycles. The first kappa shape index (κ1) is 32.9. The molecule has 3 aromatic carbocycles.